The molecule has 2 saturated carbocycles. The maximum Gasteiger partial charge on any atom is 0.00390 e. The van der Waals surface area contributed by atoms with Gasteiger partial charge in [-0.2, -0.15) is 0 Å². The molecule has 0 amide bonds. The third-order valence-electron chi connectivity index (χ3n) is 4.28. The second kappa shape index (κ2) is 6.75. The molecule has 0 unspecified atom stereocenters. The van der Waals surface area contributed by atoms with Crippen LogP contribution in [0.2, 0.25) is 0 Å². The van der Waals surface area contributed by atoms with Crippen molar-refractivity contribution in [3.05, 3.63) is 0 Å². The topological polar surface area (TPSA) is 26.0 Å². The van der Waals surface area contributed by atoms with Gasteiger partial charge in [0.25, 0.3) is 0 Å². The Morgan fingerprint density at radius 2 is 1.27 bits per heavy atom. The molecule has 0 radical (unpaired) electrons. The van der Waals surface area contributed by atoms with Gasteiger partial charge in [0.1, 0.15) is 0 Å². The fraction of sp³-hybridized carbons (Fsp3) is 1.00. The predicted molar refractivity (Wildman–Crippen MR) is 68.4 cm³/mol. The number of hydrogen-bond acceptors (Lipinski definition) is 1. The lowest BCUT2D eigenvalue weighted by molar-refractivity contribution is 0.234. The second-order valence-electron chi connectivity index (χ2n) is 5.52. The summed E-state index contributed by atoms with van der Waals surface area (Å²) in [4.78, 5) is 0. The molecular weight excluding hydrogens is 206 g/mol. The van der Waals surface area contributed by atoms with Gasteiger partial charge in [-0.25, -0.2) is 0 Å². The lowest BCUT2D eigenvalue weighted by Crippen LogP contribution is -2.27. The summed E-state index contributed by atoms with van der Waals surface area (Å²) < 4.78 is 0. The molecule has 0 aromatic heterocycles. The summed E-state index contributed by atoms with van der Waals surface area (Å²) in [5, 5.41) is 0. The SMILES string of the molecule is Cl.NC1CCC(CC2CCCCC2)CC1. The molecular formula is C13H26ClN. The van der Waals surface area contributed by atoms with Gasteiger partial charge in [0.05, 0.1) is 0 Å². The van der Waals surface area contributed by atoms with E-state index in [2.05, 4.69) is 0 Å². The van der Waals surface area contributed by atoms with Crippen LogP contribution in [0, 0.1) is 11.8 Å². The molecule has 2 N–H and O–H groups in total. The summed E-state index contributed by atoms with van der Waals surface area (Å²) in [6.45, 7) is 0. The van der Waals surface area contributed by atoms with E-state index in [0.29, 0.717) is 6.04 Å². The van der Waals surface area contributed by atoms with Gasteiger partial charge in [-0.3, -0.25) is 0 Å². The molecule has 0 bridgehead atoms. The van der Waals surface area contributed by atoms with Crippen LogP contribution in [0.15, 0.2) is 0 Å². The van der Waals surface area contributed by atoms with Crippen molar-refractivity contribution >= 4 is 12.4 Å². The van der Waals surface area contributed by atoms with Crippen molar-refractivity contribution in [1.82, 2.24) is 0 Å². The normalized spacial score (nSPS) is 33.4. The van der Waals surface area contributed by atoms with Gasteiger partial charge in [-0.05, 0) is 43.9 Å². The van der Waals surface area contributed by atoms with Crippen molar-refractivity contribution in [3.63, 3.8) is 0 Å². The Labute approximate surface area is 101 Å². The number of halogens is 1. The first kappa shape index (κ1) is 13.3. The highest BCUT2D eigenvalue weighted by atomic mass is 35.5. The average Bonchev–Trinajstić information content (AvgIpc) is 2.23. The van der Waals surface area contributed by atoms with Crippen molar-refractivity contribution in [2.45, 2.75) is 70.3 Å². The molecule has 1 nitrogen and oxygen atoms in total. The van der Waals surface area contributed by atoms with Crippen LogP contribution in [-0.4, -0.2) is 6.04 Å². The highest BCUT2D eigenvalue weighted by molar-refractivity contribution is 5.85. The van der Waals surface area contributed by atoms with Crippen molar-refractivity contribution in [3.8, 4) is 0 Å². The summed E-state index contributed by atoms with van der Waals surface area (Å²) in [6, 6.07) is 0.526. The molecule has 2 aliphatic rings. The van der Waals surface area contributed by atoms with Gasteiger partial charge in [0, 0.05) is 6.04 Å². The molecule has 0 saturated heterocycles. The third-order valence-corrected chi connectivity index (χ3v) is 4.28. The minimum atomic E-state index is 0. The molecule has 0 spiro atoms. The largest absolute Gasteiger partial charge is 0.328 e. The van der Waals surface area contributed by atoms with Crippen molar-refractivity contribution in [2.24, 2.45) is 17.6 Å². The van der Waals surface area contributed by atoms with Crippen LogP contribution < -0.4 is 5.73 Å². The monoisotopic (exact) mass is 231 g/mol. The van der Waals surface area contributed by atoms with Crippen LogP contribution in [0.5, 0.6) is 0 Å². The standard InChI is InChI=1S/C13H25N.ClH/c14-13-8-6-12(7-9-13)10-11-4-2-1-3-5-11;/h11-13H,1-10,14H2;1H. The van der Waals surface area contributed by atoms with E-state index in [1.807, 2.05) is 0 Å². The van der Waals surface area contributed by atoms with Crippen molar-refractivity contribution < 1.29 is 0 Å². The van der Waals surface area contributed by atoms with Crippen molar-refractivity contribution in [1.29, 1.82) is 0 Å². The van der Waals surface area contributed by atoms with Crippen LogP contribution in [0.4, 0.5) is 0 Å². The van der Waals surface area contributed by atoms with Gasteiger partial charge in [-0.15, -0.1) is 12.4 Å². The number of hydrogen-bond donors (Lipinski definition) is 1. The van der Waals surface area contributed by atoms with E-state index in [9.17, 15) is 0 Å². The zero-order chi connectivity index (χ0) is 9.80. The predicted octanol–water partition coefficient (Wildman–Crippen LogP) is 3.90. The van der Waals surface area contributed by atoms with E-state index in [1.54, 1.807) is 0 Å². The molecule has 90 valence electrons. The van der Waals surface area contributed by atoms with E-state index in [-0.39, 0.29) is 12.4 Å². The minimum absolute atomic E-state index is 0. The minimum Gasteiger partial charge on any atom is -0.328 e. The zero-order valence-corrected chi connectivity index (χ0v) is 10.6. The Bertz CT molecular complexity index is 158. The Balaban J connectivity index is 0.00000112. The zero-order valence-electron chi connectivity index (χ0n) is 9.79. The lowest BCUT2D eigenvalue weighted by atomic mass is 9.77. The summed E-state index contributed by atoms with van der Waals surface area (Å²) >= 11 is 0. The van der Waals surface area contributed by atoms with Gasteiger partial charge >= 0.3 is 0 Å². The summed E-state index contributed by atoms with van der Waals surface area (Å²) in [5.41, 5.74) is 5.93. The summed E-state index contributed by atoms with van der Waals surface area (Å²) in [5.74, 6) is 2.10. The van der Waals surface area contributed by atoms with E-state index in [4.69, 9.17) is 5.73 Å². The Hall–Kier alpha value is 0.250. The summed E-state index contributed by atoms with van der Waals surface area (Å²) in [7, 11) is 0. The van der Waals surface area contributed by atoms with Crippen LogP contribution in [-0.2, 0) is 0 Å². The van der Waals surface area contributed by atoms with E-state index in [0.717, 1.165) is 11.8 Å². The van der Waals surface area contributed by atoms with Crippen LogP contribution >= 0.6 is 12.4 Å². The molecule has 0 aromatic carbocycles. The third kappa shape index (κ3) is 4.32. The first-order chi connectivity index (χ1) is 6.84. The fourth-order valence-corrected chi connectivity index (χ4v) is 3.32. The Morgan fingerprint density at radius 3 is 1.87 bits per heavy atom. The Morgan fingerprint density at radius 1 is 0.733 bits per heavy atom. The molecule has 2 fully saturated rings. The van der Waals surface area contributed by atoms with E-state index in [1.165, 1.54) is 64.2 Å². The first-order valence-electron chi connectivity index (χ1n) is 6.60. The quantitative estimate of drug-likeness (QED) is 0.767. The maximum atomic E-state index is 5.93. The molecule has 0 atom stereocenters. The molecule has 0 heterocycles. The van der Waals surface area contributed by atoms with Gasteiger partial charge in [0.15, 0.2) is 0 Å². The molecule has 15 heavy (non-hydrogen) atoms. The van der Waals surface area contributed by atoms with Gasteiger partial charge < -0.3 is 5.73 Å². The number of nitrogens with two attached hydrogens (primary N) is 1. The van der Waals surface area contributed by atoms with Crippen LogP contribution in [0.1, 0.15) is 64.2 Å². The van der Waals surface area contributed by atoms with E-state index >= 15 is 0 Å². The summed E-state index contributed by atoms with van der Waals surface area (Å²) in [6.07, 6.45) is 14.4. The highest BCUT2D eigenvalue weighted by Crippen LogP contribution is 2.34. The van der Waals surface area contributed by atoms with Crippen LogP contribution in [0.25, 0.3) is 0 Å². The average molecular weight is 232 g/mol. The first-order valence-corrected chi connectivity index (χ1v) is 6.60. The molecule has 2 aliphatic carbocycles. The van der Waals surface area contributed by atoms with Gasteiger partial charge in [0.2, 0.25) is 0 Å². The Kier molecular flexibility index (Phi) is 5.99. The highest BCUT2D eigenvalue weighted by Gasteiger charge is 2.22. The number of rotatable bonds is 2. The smallest absolute Gasteiger partial charge is 0.00390 e. The van der Waals surface area contributed by atoms with Crippen molar-refractivity contribution in [2.75, 3.05) is 0 Å². The fourth-order valence-electron chi connectivity index (χ4n) is 3.32. The second-order valence-corrected chi connectivity index (χ2v) is 5.52. The molecule has 0 aromatic rings. The molecule has 2 heteroatoms. The van der Waals surface area contributed by atoms with Gasteiger partial charge in [-0.1, -0.05) is 32.1 Å². The lowest BCUT2D eigenvalue weighted by Gasteiger charge is -2.30. The van der Waals surface area contributed by atoms with Crippen LogP contribution in [0.3, 0.4) is 0 Å². The van der Waals surface area contributed by atoms with E-state index < -0.39 is 0 Å². The molecule has 2 rings (SSSR count). The maximum absolute atomic E-state index is 5.93. The molecule has 0 aliphatic heterocycles.